The van der Waals surface area contributed by atoms with Gasteiger partial charge >= 0.3 is 0 Å². The summed E-state index contributed by atoms with van der Waals surface area (Å²) in [5, 5.41) is 3.36. The largest absolute Gasteiger partial charge is 0.369 e. The molecule has 1 saturated heterocycles. The zero-order valence-corrected chi connectivity index (χ0v) is 9.53. The number of nitrogens with one attached hydrogen (secondary N) is 1. The summed E-state index contributed by atoms with van der Waals surface area (Å²) in [6.07, 6.45) is 4.41. The van der Waals surface area contributed by atoms with Crippen molar-refractivity contribution in [1.29, 1.82) is 0 Å². The van der Waals surface area contributed by atoms with Gasteiger partial charge in [-0.25, -0.2) is 0 Å². The van der Waals surface area contributed by atoms with Gasteiger partial charge in [0.05, 0.1) is 11.4 Å². The van der Waals surface area contributed by atoms with Crippen molar-refractivity contribution in [3.63, 3.8) is 0 Å². The van der Waals surface area contributed by atoms with Crippen LogP contribution in [0.1, 0.15) is 18.5 Å². The van der Waals surface area contributed by atoms with Crippen molar-refractivity contribution in [2.45, 2.75) is 25.8 Å². The number of anilines is 1. The second-order valence-electron chi connectivity index (χ2n) is 4.18. The Morgan fingerprint density at radius 3 is 3.13 bits per heavy atom. The quantitative estimate of drug-likeness (QED) is 0.794. The fourth-order valence-corrected chi connectivity index (χ4v) is 2.24. The van der Waals surface area contributed by atoms with E-state index in [1.165, 1.54) is 18.5 Å². The Bertz CT molecular complexity index is 324. The Hall–Kier alpha value is -1.09. The predicted molar refractivity (Wildman–Crippen MR) is 63.3 cm³/mol. The molecule has 1 aromatic heterocycles. The average molecular weight is 205 g/mol. The second-order valence-corrected chi connectivity index (χ2v) is 4.18. The van der Waals surface area contributed by atoms with E-state index in [1.807, 2.05) is 19.3 Å². The fraction of sp³-hybridized carbons (Fsp3) is 0.583. The van der Waals surface area contributed by atoms with Crippen LogP contribution in [0, 0.1) is 6.92 Å². The highest BCUT2D eigenvalue weighted by Gasteiger charge is 2.19. The molecule has 1 aliphatic heterocycles. The topological polar surface area (TPSA) is 28.2 Å². The van der Waals surface area contributed by atoms with Crippen LogP contribution in [-0.2, 0) is 0 Å². The van der Waals surface area contributed by atoms with Crippen LogP contribution in [0.2, 0.25) is 0 Å². The summed E-state index contributed by atoms with van der Waals surface area (Å²) in [4.78, 5) is 6.78. The summed E-state index contributed by atoms with van der Waals surface area (Å²) < 4.78 is 0. The van der Waals surface area contributed by atoms with Crippen LogP contribution in [0.4, 0.5) is 5.69 Å². The number of aryl methyl sites for hydroxylation is 1. The molecule has 0 aromatic carbocycles. The molecule has 0 spiro atoms. The van der Waals surface area contributed by atoms with Crippen molar-refractivity contribution in [3.05, 3.63) is 24.0 Å². The summed E-state index contributed by atoms with van der Waals surface area (Å²) in [5.41, 5.74) is 2.42. The Morgan fingerprint density at radius 1 is 1.53 bits per heavy atom. The molecule has 2 rings (SSSR count). The van der Waals surface area contributed by atoms with Gasteiger partial charge in [0.25, 0.3) is 0 Å². The zero-order valence-electron chi connectivity index (χ0n) is 9.53. The van der Waals surface area contributed by atoms with E-state index in [1.54, 1.807) is 0 Å². The first-order chi connectivity index (χ1) is 7.31. The summed E-state index contributed by atoms with van der Waals surface area (Å²) >= 11 is 0. The number of nitrogens with zero attached hydrogens (tertiary/aromatic N) is 2. The number of hydrogen-bond acceptors (Lipinski definition) is 3. The number of aromatic nitrogens is 1. The first-order valence-electron chi connectivity index (χ1n) is 5.65. The van der Waals surface area contributed by atoms with Crippen molar-refractivity contribution in [1.82, 2.24) is 10.3 Å². The maximum atomic E-state index is 4.34. The molecule has 3 nitrogen and oxygen atoms in total. The fourth-order valence-electron chi connectivity index (χ4n) is 2.24. The van der Waals surface area contributed by atoms with E-state index in [2.05, 4.69) is 28.2 Å². The molecule has 3 heteroatoms. The van der Waals surface area contributed by atoms with E-state index >= 15 is 0 Å². The number of hydrogen-bond donors (Lipinski definition) is 1. The molecule has 15 heavy (non-hydrogen) atoms. The summed E-state index contributed by atoms with van der Waals surface area (Å²) in [5.74, 6) is 0. The van der Waals surface area contributed by atoms with Gasteiger partial charge in [-0.1, -0.05) is 0 Å². The monoisotopic (exact) mass is 205 g/mol. The lowest BCUT2D eigenvalue weighted by molar-refractivity contribution is 0.449. The van der Waals surface area contributed by atoms with Crippen LogP contribution < -0.4 is 10.2 Å². The van der Waals surface area contributed by atoms with E-state index in [9.17, 15) is 0 Å². The van der Waals surface area contributed by atoms with Gasteiger partial charge in [0.2, 0.25) is 0 Å². The lowest BCUT2D eigenvalue weighted by atomic mass is 10.1. The molecule has 1 aromatic rings. The summed E-state index contributed by atoms with van der Waals surface area (Å²) in [6.45, 7) is 4.34. The zero-order chi connectivity index (χ0) is 10.7. The van der Waals surface area contributed by atoms with Crippen LogP contribution in [0.3, 0.4) is 0 Å². The van der Waals surface area contributed by atoms with Crippen LogP contribution in [-0.4, -0.2) is 31.2 Å². The Labute approximate surface area is 91.5 Å². The smallest absolute Gasteiger partial charge is 0.0605 e. The summed E-state index contributed by atoms with van der Waals surface area (Å²) in [7, 11) is 2.05. The molecular formula is C12H19N3. The van der Waals surface area contributed by atoms with Crippen molar-refractivity contribution in [2.75, 3.05) is 25.0 Å². The van der Waals surface area contributed by atoms with Gasteiger partial charge < -0.3 is 10.2 Å². The van der Waals surface area contributed by atoms with Crippen molar-refractivity contribution in [2.24, 2.45) is 0 Å². The van der Waals surface area contributed by atoms with Gasteiger partial charge in [-0.2, -0.15) is 0 Å². The molecule has 1 N–H and O–H groups in total. The van der Waals surface area contributed by atoms with E-state index in [-0.39, 0.29) is 0 Å². The Morgan fingerprint density at radius 2 is 2.40 bits per heavy atom. The minimum atomic E-state index is 0.623. The molecule has 1 fully saturated rings. The third kappa shape index (κ3) is 2.29. The molecule has 0 radical (unpaired) electrons. The van der Waals surface area contributed by atoms with Gasteiger partial charge in [0, 0.05) is 25.3 Å². The van der Waals surface area contributed by atoms with E-state index < -0.39 is 0 Å². The van der Waals surface area contributed by atoms with Crippen LogP contribution in [0.5, 0.6) is 0 Å². The molecule has 0 aliphatic carbocycles. The average Bonchev–Trinajstić information content (AvgIpc) is 2.30. The van der Waals surface area contributed by atoms with Crippen LogP contribution in [0.15, 0.2) is 18.3 Å². The molecular weight excluding hydrogens is 186 g/mol. The minimum Gasteiger partial charge on any atom is -0.369 e. The number of piperidine rings is 1. The predicted octanol–water partition coefficient (Wildman–Crippen LogP) is 1.58. The molecule has 0 amide bonds. The van der Waals surface area contributed by atoms with Gasteiger partial charge in [-0.3, -0.25) is 4.98 Å². The highest BCUT2D eigenvalue weighted by atomic mass is 15.2. The van der Waals surface area contributed by atoms with E-state index in [0.29, 0.717) is 6.04 Å². The Balaban J connectivity index is 2.13. The highest BCUT2D eigenvalue weighted by Crippen LogP contribution is 2.21. The van der Waals surface area contributed by atoms with E-state index in [4.69, 9.17) is 0 Å². The van der Waals surface area contributed by atoms with Crippen molar-refractivity contribution < 1.29 is 0 Å². The molecule has 2 heterocycles. The minimum absolute atomic E-state index is 0.623. The maximum Gasteiger partial charge on any atom is 0.0605 e. The second kappa shape index (κ2) is 4.62. The summed E-state index contributed by atoms with van der Waals surface area (Å²) in [6, 6.07) is 4.81. The Kier molecular flexibility index (Phi) is 3.21. The lowest BCUT2D eigenvalue weighted by Gasteiger charge is -2.34. The first kappa shape index (κ1) is 10.4. The van der Waals surface area contributed by atoms with Crippen molar-refractivity contribution >= 4 is 5.69 Å². The van der Waals surface area contributed by atoms with Crippen molar-refractivity contribution in [3.8, 4) is 0 Å². The molecule has 0 saturated carbocycles. The third-order valence-electron chi connectivity index (χ3n) is 3.15. The van der Waals surface area contributed by atoms with Gasteiger partial charge in [0.1, 0.15) is 0 Å². The highest BCUT2D eigenvalue weighted by molar-refractivity contribution is 5.50. The number of likely N-dealkylation sites (N-methyl/N-ethyl adjacent to an activating group) is 1. The standard InChI is InChI=1S/C12H19N3/c1-10-12(6-3-7-14-10)15-8-4-5-11(9-15)13-2/h3,6-7,11,13H,4-5,8-9H2,1-2H3. The van der Waals surface area contributed by atoms with Crippen LogP contribution in [0.25, 0.3) is 0 Å². The maximum absolute atomic E-state index is 4.34. The lowest BCUT2D eigenvalue weighted by Crippen LogP contribution is -2.44. The third-order valence-corrected chi connectivity index (χ3v) is 3.15. The molecule has 1 unspecified atom stereocenters. The van der Waals surface area contributed by atoms with Gasteiger partial charge in [-0.15, -0.1) is 0 Å². The normalized spacial score (nSPS) is 21.7. The van der Waals surface area contributed by atoms with E-state index in [0.717, 1.165) is 18.8 Å². The molecule has 82 valence electrons. The number of pyridine rings is 1. The molecule has 0 bridgehead atoms. The van der Waals surface area contributed by atoms with Crippen LogP contribution >= 0.6 is 0 Å². The SMILES string of the molecule is CNC1CCCN(c2cccnc2C)C1. The van der Waals surface area contributed by atoms with Gasteiger partial charge in [-0.05, 0) is 38.9 Å². The van der Waals surface area contributed by atoms with Gasteiger partial charge in [0.15, 0.2) is 0 Å². The molecule has 1 aliphatic rings. The first-order valence-corrected chi connectivity index (χ1v) is 5.65. The number of rotatable bonds is 2. The molecule has 1 atom stereocenters.